The Hall–Kier alpha value is -7.86. The molecule has 0 saturated heterocycles. The summed E-state index contributed by atoms with van der Waals surface area (Å²) in [5.74, 6) is 2.34. The van der Waals surface area contributed by atoms with Crippen LogP contribution in [0.3, 0.4) is 0 Å². The van der Waals surface area contributed by atoms with Crippen LogP contribution in [0.25, 0.3) is 33.1 Å². The third-order valence-corrected chi connectivity index (χ3v) is 11.8. The van der Waals surface area contributed by atoms with E-state index < -0.39 is 0 Å². The number of hydrogen-bond donors (Lipinski definition) is 0. The van der Waals surface area contributed by atoms with Gasteiger partial charge < -0.3 is 14.2 Å². The number of fused-ring (bicyclic) bond motifs is 3. The lowest BCUT2D eigenvalue weighted by Gasteiger charge is -2.23. The normalized spacial score (nSPS) is 11.5. The molecule has 0 bridgehead atoms. The van der Waals surface area contributed by atoms with Crippen molar-refractivity contribution in [1.29, 1.82) is 0 Å². The summed E-state index contributed by atoms with van der Waals surface area (Å²) in [5.41, 5.74) is 15.5. The number of aromatic nitrogens is 9. The first kappa shape index (κ1) is 39.3. The minimum atomic E-state index is 0.371. The van der Waals surface area contributed by atoms with Crippen LogP contribution in [-0.2, 0) is 39.5 Å². The Morgan fingerprint density at radius 3 is 0.984 bits per heavy atom. The highest BCUT2D eigenvalue weighted by molar-refractivity contribution is 5.75. The molecule has 10 rings (SSSR count). The van der Waals surface area contributed by atoms with Gasteiger partial charge in [-0.3, -0.25) is 0 Å². The minimum absolute atomic E-state index is 0.371. The standard InChI is InChI=1S/C51H45N9O3/c1-34-43(31-61-40-16-10-13-37(25-40)28-58-49-22-7-4-19-46(49)52-55-58)35(2)45(33-63-42-18-12-15-39(27-42)30-60-51-24-9-6-21-48(51)54-57-60)36(3)44(34)32-62-41-17-11-14-38(26-41)29-59-50-23-8-5-20-47(50)53-56-59/h4-27H,28-33H2,1-3H3. The van der Waals surface area contributed by atoms with Gasteiger partial charge in [0.25, 0.3) is 0 Å². The van der Waals surface area contributed by atoms with Crippen molar-refractivity contribution in [1.82, 2.24) is 45.0 Å². The zero-order valence-corrected chi connectivity index (χ0v) is 35.3. The first-order valence-electron chi connectivity index (χ1n) is 21.0. The Bertz CT molecular complexity index is 2880. The maximum Gasteiger partial charge on any atom is 0.120 e. The summed E-state index contributed by atoms with van der Waals surface area (Å²) in [6, 6.07) is 48.5. The van der Waals surface area contributed by atoms with Crippen molar-refractivity contribution < 1.29 is 14.2 Å². The van der Waals surface area contributed by atoms with Gasteiger partial charge in [0.15, 0.2) is 0 Å². The summed E-state index contributed by atoms with van der Waals surface area (Å²) >= 11 is 0. The van der Waals surface area contributed by atoms with Gasteiger partial charge in [-0.25, -0.2) is 14.0 Å². The molecule has 12 nitrogen and oxygen atoms in total. The molecular formula is C51H45N9O3. The van der Waals surface area contributed by atoms with E-state index in [1.54, 1.807) is 0 Å². The lowest BCUT2D eigenvalue weighted by atomic mass is 9.89. The summed E-state index contributed by atoms with van der Waals surface area (Å²) in [5, 5.41) is 26.2. The Kier molecular flexibility index (Phi) is 10.8. The van der Waals surface area contributed by atoms with Crippen LogP contribution < -0.4 is 14.2 Å². The Labute approximate surface area is 364 Å². The van der Waals surface area contributed by atoms with E-state index in [1.165, 1.54) is 0 Å². The molecule has 0 spiro atoms. The lowest BCUT2D eigenvalue weighted by molar-refractivity contribution is 0.289. The first-order chi connectivity index (χ1) is 30.9. The van der Waals surface area contributed by atoms with Crippen molar-refractivity contribution in [2.24, 2.45) is 0 Å². The molecule has 0 aliphatic heterocycles. The molecule has 0 fully saturated rings. The summed E-state index contributed by atoms with van der Waals surface area (Å²) in [6.45, 7) is 9.35. The van der Waals surface area contributed by atoms with Gasteiger partial charge in [-0.1, -0.05) is 88.4 Å². The average Bonchev–Trinajstić information content (AvgIpc) is 4.04. The number of ether oxygens (including phenoxy) is 3. The molecular weight excluding hydrogens is 787 g/mol. The largest absolute Gasteiger partial charge is 0.489 e. The molecule has 312 valence electrons. The summed E-state index contributed by atoms with van der Waals surface area (Å²) in [6.07, 6.45) is 0. The van der Waals surface area contributed by atoms with E-state index in [1.807, 2.05) is 123 Å². The molecule has 10 aromatic rings. The van der Waals surface area contributed by atoms with Crippen LogP contribution in [0.1, 0.15) is 50.1 Å². The van der Waals surface area contributed by atoms with E-state index >= 15 is 0 Å². The molecule has 0 atom stereocenters. The minimum Gasteiger partial charge on any atom is -0.489 e. The van der Waals surface area contributed by atoms with Gasteiger partial charge in [0.2, 0.25) is 0 Å². The van der Waals surface area contributed by atoms with Crippen molar-refractivity contribution in [3.63, 3.8) is 0 Å². The Balaban J connectivity index is 0.910. The Morgan fingerprint density at radius 2 is 0.667 bits per heavy atom. The predicted octanol–water partition coefficient (Wildman–Crippen LogP) is 9.73. The van der Waals surface area contributed by atoms with E-state index in [0.717, 1.165) is 100 Å². The second-order valence-electron chi connectivity index (χ2n) is 15.8. The molecule has 12 heteroatoms. The van der Waals surface area contributed by atoms with E-state index in [0.29, 0.717) is 39.5 Å². The van der Waals surface area contributed by atoms with Crippen molar-refractivity contribution in [3.05, 3.63) is 196 Å². The number of hydrogen-bond acceptors (Lipinski definition) is 9. The van der Waals surface area contributed by atoms with Crippen molar-refractivity contribution >= 4 is 33.1 Å². The highest BCUT2D eigenvalue weighted by Crippen LogP contribution is 2.32. The van der Waals surface area contributed by atoms with Crippen LogP contribution in [0, 0.1) is 20.8 Å². The third-order valence-electron chi connectivity index (χ3n) is 11.8. The van der Waals surface area contributed by atoms with E-state index in [9.17, 15) is 0 Å². The van der Waals surface area contributed by atoms with E-state index in [2.05, 4.69) is 88.1 Å². The zero-order chi connectivity index (χ0) is 42.7. The fraction of sp³-hybridized carbons (Fsp3) is 0.176. The van der Waals surface area contributed by atoms with Crippen molar-refractivity contribution in [2.75, 3.05) is 0 Å². The van der Waals surface area contributed by atoms with Crippen LogP contribution in [-0.4, -0.2) is 45.0 Å². The van der Waals surface area contributed by atoms with Gasteiger partial charge in [0.05, 0.1) is 36.2 Å². The number of nitrogens with zero attached hydrogens (tertiary/aromatic N) is 9. The summed E-state index contributed by atoms with van der Waals surface area (Å²) in [7, 11) is 0. The molecule has 0 unspecified atom stereocenters. The van der Waals surface area contributed by atoms with E-state index in [4.69, 9.17) is 14.2 Å². The predicted molar refractivity (Wildman–Crippen MR) is 243 cm³/mol. The Morgan fingerprint density at radius 1 is 0.365 bits per heavy atom. The van der Waals surface area contributed by atoms with Crippen LogP contribution in [0.5, 0.6) is 17.2 Å². The summed E-state index contributed by atoms with van der Waals surface area (Å²) in [4.78, 5) is 0. The molecule has 0 aliphatic rings. The molecule has 3 heterocycles. The fourth-order valence-electron chi connectivity index (χ4n) is 8.33. The van der Waals surface area contributed by atoms with Gasteiger partial charge >= 0.3 is 0 Å². The number of rotatable bonds is 15. The first-order valence-corrected chi connectivity index (χ1v) is 21.0. The number of benzene rings is 7. The lowest BCUT2D eigenvalue weighted by Crippen LogP contribution is -2.13. The van der Waals surface area contributed by atoms with Gasteiger partial charge in [-0.2, -0.15) is 0 Å². The quantitative estimate of drug-likeness (QED) is 0.0995. The number of para-hydroxylation sites is 3. The second kappa shape index (κ2) is 17.3. The molecule has 0 saturated carbocycles. The average molecular weight is 832 g/mol. The SMILES string of the molecule is Cc1c(COc2cccc(Cn3nnc4ccccc43)c2)c(C)c(COc2cccc(Cn3nnc4ccccc43)c2)c(C)c1COc1cccc(Cn2nnc3ccccc32)c1. The maximum atomic E-state index is 6.62. The van der Waals surface area contributed by atoms with Crippen molar-refractivity contribution in [3.8, 4) is 17.2 Å². The molecule has 0 aliphatic carbocycles. The highest BCUT2D eigenvalue weighted by atomic mass is 16.5. The molecule has 7 aromatic carbocycles. The molecule has 0 N–H and O–H groups in total. The van der Waals surface area contributed by atoms with Crippen LogP contribution in [0.15, 0.2) is 146 Å². The van der Waals surface area contributed by atoms with Crippen LogP contribution in [0.4, 0.5) is 0 Å². The van der Waals surface area contributed by atoms with Gasteiger partial charge in [-0.05, 0) is 144 Å². The van der Waals surface area contributed by atoms with Crippen LogP contribution in [0.2, 0.25) is 0 Å². The monoisotopic (exact) mass is 831 g/mol. The van der Waals surface area contributed by atoms with E-state index in [-0.39, 0.29) is 0 Å². The fourth-order valence-corrected chi connectivity index (χ4v) is 8.33. The molecule has 0 amide bonds. The maximum absolute atomic E-state index is 6.62. The molecule has 3 aromatic heterocycles. The van der Waals surface area contributed by atoms with Gasteiger partial charge in [0.1, 0.15) is 53.6 Å². The summed E-state index contributed by atoms with van der Waals surface area (Å²) < 4.78 is 25.6. The zero-order valence-electron chi connectivity index (χ0n) is 35.3. The molecule has 63 heavy (non-hydrogen) atoms. The highest BCUT2D eigenvalue weighted by Gasteiger charge is 2.20. The third kappa shape index (κ3) is 8.30. The second-order valence-corrected chi connectivity index (χ2v) is 15.8. The van der Waals surface area contributed by atoms with Crippen LogP contribution >= 0.6 is 0 Å². The van der Waals surface area contributed by atoms with Gasteiger partial charge in [-0.15, -0.1) is 15.3 Å². The van der Waals surface area contributed by atoms with Crippen molar-refractivity contribution in [2.45, 2.75) is 60.2 Å². The smallest absolute Gasteiger partial charge is 0.120 e. The molecule has 0 radical (unpaired) electrons. The topological polar surface area (TPSA) is 120 Å². The van der Waals surface area contributed by atoms with Gasteiger partial charge in [0, 0.05) is 0 Å².